The number of methoxy groups -OCH3 is 2. The van der Waals surface area contributed by atoms with E-state index in [1.807, 2.05) is 152 Å². The Balaban J connectivity index is 0.000000334. The van der Waals surface area contributed by atoms with E-state index >= 15 is 0 Å². The maximum Gasteiger partial charge on any atom is 0.193 e. The van der Waals surface area contributed by atoms with Gasteiger partial charge in [0.2, 0.25) is 0 Å². The molecule has 6 rings (SSSR count). The minimum Gasteiger partial charge on any atom is -0.385 e. The summed E-state index contributed by atoms with van der Waals surface area (Å²) >= 11 is 0. The lowest BCUT2D eigenvalue weighted by molar-refractivity contribution is -0.0608. The predicted molar refractivity (Wildman–Crippen MR) is 294 cm³/mol. The van der Waals surface area contributed by atoms with Crippen LogP contribution in [-0.4, -0.2) is 110 Å². The molecule has 0 saturated carbocycles. The van der Waals surface area contributed by atoms with Crippen LogP contribution in [0, 0.1) is 0 Å². The Morgan fingerprint density at radius 3 is 1.22 bits per heavy atom. The normalized spacial score (nSPS) is 11.4. The van der Waals surface area contributed by atoms with Crippen molar-refractivity contribution in [3.8, 4) is 0 Å². The Morgan fingerprint density at radius 1 is 0.452 bits per heavy atom. The van der Waals surface area contributed by atoms with Crippen molar-refractivity contribution < 1.29 is 42.8 Å². The van der Waals surface area contributed by atoms with E-state index < -0.39 is 0 Å². The maximum absolute atomic E-state index is 12.7. The highest BCUT2D eigenvalue weighted by molar-refractivity contribution is 6.10. The molecule has 0 fully saturated rings. The first-order chi connectivity index (χ1) is 35.8. The number of hydrogen-bond donors (Lipinski definition) is 3. The fourth-order valence-corrected chi connectivity index (χ4v) is 7.03. The van der Waals surface area contributed by atoms with Gasteiger partial charge in [0.15, 0.2) is 17.3 Å². The molecule has 73 heavy (non-hydrogen) atoms. The summed E-state index contributed by atoms with van der Waals surface area (Å²) in [5.41, 5.74) is 6.90. The summed E-state index contributed by atoms with van der Waals surface area (Å²) in [7, 11) is 3.37. The van der Waals surface area contributed by atoms with Gasteiger partial charge in [-0.1, -0.05) is 111 Å². The molecule has 0 amide bonds. The molecule has 12 heteroatoms. The summed E-state index contributed by atoms with van der Waals surface area (Å²) in [6.07, 6.45) is 4.99. The molecule has 6 aromatic carbocycles. The highest BCUT2D eigenvalue weighted by Crippen LogP contribution is 2.18. The van der Waals surface area contributed by atoms with Crippen LogP contribution in [0.1, 0.15) is 87.3 Å². The number of ether oxygens (including phenoxy) is 6. The minimum atomic E-state index is -0.0803. The van der Waals surface area contributed by atoms with Crippen LogP contribution in [0.5, 0.6) is 0 Å². The standard InChI is InChI=1S/C38H44N2O5.C15H13NO.C8H18O3/c1-3-26-44-27-36(23-25-40-34-20-16-32(17-21-34)38(42)30-12-8-5-9-13-30)45-28-35(43-2)22-24-39-33-18-14-31(15-19-33)37(41)29-10-6-4-7-11-29;1-2-16-14-10-8-13(9-11-14)15(17)12-6-4-3-5-7-12;1-3-4-10-7-8-11-6-5-9-2/h4-21,35-36,39-40H,3,22-28H2,1-2H3;2-11,16H,1H2;3-8H2,1-2H3. The molecule has 0 aliphatic heterocycles. The number of hydrogen-bond acceptors (Lipinski definition) is 12. The molecule has 0 saturated heterocycles. The summed E-state index contributed by atoms with van der Waals surface area (Å²) in [6, 6.07) is 50.3. The highest BCUT2D eigenvalue weighted by atomic mass is 16.6. The summed E-state index contributed by atoms with van der Waals surface area (Å²) in [5, 5.41) is 9.82. The Hall–Kier alpha value is -6.77. The lowest BCUT2D eigenvalue weighted by Gasteiger charge is -2.22. The zero-order valence-electron chi connectivity index (χ0n) is 43.1. The van der Waals surface area contributed by atoms with Crippen LogP contribution in [-0.2, 0) is 28.4 Å². The van der Waals surface area contributed by atoms with Crippen molar-refractivity contribution in [1.29, 1.82) is 0 Å². The summed E-state index contributed by atoms with van der Waals surface area (Å²) < 4.78 is 33.0. The van der Waals surface area contributed by atoms with E-state index in [1.54, 1.807) is 32.6 Å². The fraction of sp³-hybridized carbons (Fsp3) is 0.328. The Morgan fingerprint density at radius 2 is 0.822 bits per heavy atom. The van der Waals surface area contributed by atoms with E-state index in [4.69, 9.17) is 28.4 Å². The second kappa shape index (κ2) is 36.2. The number of anilines is 3. The van der Waals surface area contributed by atoms with Crippen molar-refractivity contribution >= 4 is 34.4 Å². The predicted octanol–water partition coefficient (Wildman–Crippen LogP) is 11.8. The number of carbonyl (C=O) groups is 3. The first-order valence-electron chi connectivity index (χ1n) is 25.1. The topological polar surface area (TPSA) is 143 Å². The van der Waals surface area contributed by atoms with E-state index in [1.165, 1.54) is 0 Å². The molecule has 6 aromatic rings. The molecule has 2 atom stereocenters. The third-order valence-electron chi connectivity index (χ3n) is 11.1. The number of rotatable bonds is 32. The Kier molecular flexibility index (Phi) is 29.2. The van der Waals surface area contributed by atoms with Crippen molar-refractivity contribution in [1.82, 2.24) is 0 Å². The Bertz CT molecular complexity index is 2390. The molecule has 0 bridgehead atoms. The zero-order chi connectivity index (χ0) is 52.1. The number of benzene rings is 6. The van der Waals surface area contributed by atoms with E-state index in [0.29, 0.717) is 92.7 Å². The van der Waals surface area contributed by atoms with Crippen LogP contribution in [0.25, 0.3) is 0 Å². The third-order valence-corrected chi connectivity index (χ3v) is 11.1. The van der Waals surface area contributed by atoms with Gasteiger partial charge in [-0.25, -0.2) is 0 Å². The molecule has 0 radical (unpaired) electrons. The van der Waals surface area contributed by atoms with Crippen molar-refractivity contribution in [2.24, 2.45) is 0 Å². The molecular weight excluding hydrogens is 919 g/mol. The van der Waals surface area contributed by atoms with Crippen molar-refractivity contribution in [3.05, 3.63) is 210 Å². The summed E-state index contributed by atoms with van der Waals surface area (Å²) in [6.45, 7) is 14.3. The lowest BCUT2D eigenvalue weighted by Crippen LogP contribution is -2.29. The van der Waals surface area contributed by atoms with Crippen LogP contribution in [0.4, 0.5) is 17.1 Å². The molecule has 2 unspecified atom stereocenters. The van der Waals surface area contributed by atoms with Crippen molar-refractivity contribution in [3.63, 3.8) is 0 Å². The fourth-order valence-electron chi connectivity index (χ4n) is 7.03. The van der Waals surface area contributed by atoms with Crippen LogP contribution < -0.4 is 16.0 Å². The zero-order valence-corrected chi connectivity index (χ0v) is 43.1. The minimum absolute atomic E-state index is 0.0136. The van der Waals surface area contributed by atoms with Gasteiger partial charge in [-0.3, -0.25) is 14.4 Å². The SMILES string of the molecule is C=CNc1ccc(C(=O)c2ccccc2)cc1.CCCOCC(CCNc1ccc(C(=O)c2ccccc2)cc1)OCC(CCNc1ccc(C(=O)c2ccccc2)cc1)OC.CCCOCCOCCOC. The van der Waals surface area contributed by atoms with Crippen molar-refractivity contribution in [2.45, 2.75) is 51.7 Å². The second-order valence-corrected chi connectivity index (χ2v) is 16.7. The van der Waals surface area contributed by atoms with Gasteiger partial charge in [0, 0.05) is 91.0 Å². The van der Waals surface area contributed by atoms with Gasteiger partial charge in [0.25, 0.3) is 0 Å². The largest absolute Gasteiger partial charge is 0.385 e. The van der Waals surface area contributed by atoms with Crippen LogP contribution in [0.3, 0.4) is 0 Å². The van der Waals surface area contributed by atoms with Gasteiger partial charge in [-0.05, 0) is 105 Å². The van der Waals surface area contributed by atoms with Gasteiger partial charge in [0.1, 0.15) is 0 Å². The smallest absolute Gasteiger partial charge is 0.193 e. The first kappa shape index (κ1) is 58.8. The van der Waals surface area contributed by atoms with Gasteiger partial charge in [0.05, 0.1) is 51.8 Å². The number of ketones is 3. The average molecular weight is 994 g/mol. The third kappa shape index (κ3) is 23.1. The van der Waals surface area contributed by atoms with Gasteiger partial charge in [-0.15, -0.1) is 0 Å². The van der Waals surface area contributed by atoms with Gasteiger partial charge >= 0.3 is 0 Å². The molecule has 0 spiro atoms. The van der Waals surface area contributed by atoms with E-state index in [-0.39, 0.29) is 29.6 Å². The molecule has 0 aromatic heterocycles. The quantitative estimate of drug-likeness (QED) is 0.0273. The molecule has 12 nitrogen and oxygen atoms in total. The van der Waals surface area contributed by atoms with Gasteiger partial charge < -0.3 is 44.4 Å². The van der Waals surface area contributed by atoms with Gasteiger partial charge in [-0.2, -0.15) is 0 Å². The first-order valence-corrected chi connectivity index (χ1v) is 25.1. The molecule has 388 valence electrons. The molecule has 0 aliphatic carbocycles. The lowest BCUT2D eigenvalue weighted by atomic mass is 10.0. The molecular formula is C61H75N3O9. The molecule has 0 aliphatic rings. The summed E-state index contributed by atoms with van der Waals surface area (Å²) in [4.78, 5) is 37.4. The number of carbonyl (C=O) groups excluding carboxylic acids is 3. The highest BCUT2D eigenvalue weighted by Gasteiger charge is 2.16. The monoisotopic (exact) mass is 994 g/mol. The van der Waals surface area contributed by atoms with Crippen LogP contribution in [0.2, 0.25) is 0 Å². The van der Waals surface area contributed by atoms with Crippen LogP contribution >= 0.6 is 0 Å². The summed E-state index contributed by atoms with van der Waals surface area (Å²) in [5.74, 6) is 0.0650. The molecule has 3 N–H and O–H groups in total. The van der Waals surface area contributed by atoms with Crippen LogP contribution in [0.15, 0.2) is 177 Å². The van der Waals surface area contributed by atoms with E-state index in [2.05, 4.69) is 36.4 Å². The average Bonchev–Trinajstić information content (AvgIpc) is 3.44. The second-order valence-electron chi connectivity index (χ2n) is 16.7. The number of nitrogens with one attached hydrogen (secondary N) is 3. The van der Waals surface area contributed by atoms with E-state index in [0.717, 1.165) is 49.4 Å². The molecule has 0 heterocycles. The maximum atomic E-state index is 12.7. The van der Waals surface area contributed by atoms with E-state index in [9.17, 15) is 14.4 Å². The van der Waals surface area contributed by atoms with Crippen molar-refractivity contribution in [2.75, 3.05) is 96.1 Å². The Labute approximate surface area is 433 Å².